The number of pyridine rings is 1. The van der Waals surface area contributed by atoms with Crippen molar-refractivity contribution in [2.45, 2.75) is 19.5 Å². The minimum atomic E-state index is 0. The second-order valence-corrected chi connectivity index (χ2v) is 6.27. The van der Waals surface area contributed by atoms with E-state index in [9.17, 15) is 0 Å². The van der Waals surface area contributed by atoms with Gasteiger partial charge in [0.05, 0.1) is 17.9 Å². The van der Waals surface area contributed by atoms with Gasteiger partial charge in [0.2, 0.25) is 0 Å². The molecule has 0 aliphatic carbocycles. The summed E-state index contributed by atoms with van der Waals surface area (Å²) in [7, 11) is 2.06. The first kappa shape index (κ1) is 17.0. The van der Waals surface area contributed by atoms with Crippen LogP contribution >= 0.6 is 12.4 Å². The molecule has 1 aliphatic heterocycles. The molecule has 4 rings (SSSR count). The molecular formula is C17H23ClN6. The molecule has 128 valence electrons. The van der Waals surface area contributed by atoms with Crippen LogP contribution in [0.5, 0.6) is 0 Å². The molecule has 4 heterocycles. The zero-order valence-corrected chi connectivity index (χ0v) is 14.8. The summed E-state index contributed by atoms with van der Waals surface area (Å²) in [4.78, 5) is 11.6. The van der Waals surface area contributed by atoms with Crippen LogP contribution in [0.1, 0.15) is 23.1 Å². The van der Waals surface area contributed by atoms with E-state index in [4.69, 9.17) is 0 Å². The van der Waals surface area contributed by atoms with Gasteiger partial charge in [-0.1, -0.05) is 6.07 Å². The summed E-state index contributed by atoms with van der Waals surface area (Å²) in [5, 5.41) is 3.49. The first-order valence-corrected chi connectivity index (χ1v) is 8.07. The van der Waals surface area contributed by atoms with E-state index in [-0.39, 0.29) is 12.4 Å². The van der Waals surface area contributed by atoms with Crippen LogP contribution < -0.4 is 5.32 Å². The van der Waals surface area contributed by atoms with E-state index < -0.39 is 0 Å². The van der Waals surface area contributed by atoms with Gasteiger partial charge in [-0.25, -0.2) is 9.97 Å². The first-order valence-electron chi connectivity index (χ1n) is 8.07. The van der Waals surface area contributed by atoms with Crippen molar-refractivity contribution in [2.24, 2.45) is 7.05 Å². The number of hydrogen-bond acceptors (Lipinski definition) is 4. The third-order valence-electron chi connectivity index (χ3n) is 4.61. The molecule has 7 heteroatoms. The van der Waals surface area contributed by atoms with Crippen molar-refractivity contribution in [1.29, 1.82) is 0 Å². The highest BCUT2D eigenvalue weighted by atomic mass is 35.5. The maximum absolute atomic E-state index is 4.55. The molecule has 3 aromatic heterocycles. The van der Waals surface area contributed by atoms with Crippen LogP contribution in [-0.4, -0.2) is 43.5 Å². The normalized spacial score (nSPS) is 18.7. The zero-order valence-electron chi connectivity index (χ0n) is 14.0. The van der Waals surface area contributed by atoms with Gasteiger partial charge in [0.15, 0.2) is 0 Å². The van der Waals surface area contributed by atoms with Crippen LogP contribution in [0.25, 0.3) is 5.65 Å². The van der Waals surface area contributed by atoms with E-state index in [0.29, 0.717) is 6.04 Å². The number of hydrogen-bond donors (Lipinski definition) is 1. The highest BCUT2D eigenvalue weighted by molar-refractivity contribution is 5.85. The van der Waals surface area contributed by atoms with Crippen molar-refractivity contribution in [3.8, 4) is 0 Å². The average Bonchev–Trinajstić information content (AvgIpc) is 3.15. The van der Waals surface area contributed by atoms with Gasteiger partial charge in [-0.05, 0) is 18.6 Å². The van der Waals surface area contributed by atoms with E-state index >= 15 is 0 Å². The highest BCUT2D eigenvalue weighted by Crippen LogP contribution is 2.23. The van der Waals surface area contributed by atoms with Crippen molar-refractivity contribution in [3.05, 3.63) is 54.0 Å². The smallest absolute Gasteiger partial charge is 0.136 e. The second-order valence-electron chi connectivity index (χ2n) is 6.27. The van der Waals surface area contributed by atoms with Gasteiger partial charge in [-0.2, -0.15) is 0 Å². The lowest BCUT2D eigenvalue weighted by Crippen LogP contribution is -2.46. The summed E-state index contributed by atoms with van der Waals surface area (Å²) in [6, 6.07) is 4.47. The Morgan fingerprint density at radius 1 is 1.29 bits per heavy atom. The number of halogens is 1. The first-order chi connectivity index (χ1) is 11.2. The maximum atomic E-state index is 4.55. The largest absolute Gasteiger partial charge is 0.337 e. The lowest BCUT2D eigenvalue weighted by Gasteiger charge is -2.35. The summed E-state index contributed by atoms with van der Waals surface area (Å²) in [5.41, 5.74) is 3.48. The molecule has 1 saturated heterocycles. The van der Waals surface area contributed by atoms with Crippen LogP contribution in [0.4, 0.5) is 0 Å². The molecule has 0 saturated carbocycles. The van der Waals surface area contributed by atoms with E-state index in [1.54, 1.807) is 0 Å². The fraction of sp³-hybridized carbons (Fsp3) is 0.412. The Kier molecular flexibility index (Phi) is 4.89. The fourth-order valence-electron chi connectivity index (χ4n) is 3.35. The van der Waals surface area contributed by atoms with Gasteiger partial charge in [0.25, 0.3) is 0 Å². The van der Waals surface area contributed by atoms with Crippen LogP contribution in [0.2, 0.25) is 0 Å². The van der Waals surface area contributed by atoms with Crippen LogP contribution in [0, 0.1) is 6.92 Å². The van der Waals surface area contributed by atoms with E-state index in [0.717, 1.165) is 37.7 Å². The molecule has 1 fully saturated rings. The fourth-order valence-corrected chi connectivity index (χ4v) is 3.35. The summed E-state index contributed by atoms with van der Waals surface area (Å²) in [6.07, 6.45) is 8.04. The number of aromatic nitrogens is 4. The quantitative estimate of drug-likeness (QED) is 0.787. The molecule has 1 aliphatic rings. The predicted molar refractivity (Wildman–Crippen MR) is 96.4 cm³/mol. The number of fused-ring (bicyclic) bond motifs is 1. The van der Waals surface area contributed by atoms with Crippen molar-refractivity contribution < 1.29 is 0 Å². The lowest BCUT2D eigenvalue weighted by molar-refractivity contribution is 0.142. The molecule has 0 spiro atoms. The van der Waals surface area contributed by atoms with Gasteiger partial charge in [0.1, 0.15) is 11.5 Å². The minimum Gasteiger partial charge on any atom is -0.337 e. The number of rotatable bonds is 3. The molecule has 3 aromatic rings. The lowest BCUT2D eigenvalue weighted by atomic mass is 10.1. The average molecular weight is 347 g/mol. The zero-order chi connectivity index (χ0) is 15.8. The summed E-state index contributed by atoms with van der Waals surface area (Å²) >= 11 is 0. The molecule has 0 aromatic carbocycles. The molecule has 1 unspecified atom stereocenters. The Hall–Kier alpha value is -1.89. The molecule has 6 nitrogen and oxygen atoms in total. The van der Waals surface area contributed by atoms with E-state index in [1.165, 1.54) is 11.3 Å². The Bertz CT molecular complexity index is 823. The van der Waals surface area contributed by atoms with Crippen LogP contribution in [0.15, 0.2) is 36.9 Å². The molecule has 1 atom stereocenters. The van der Waals surface area contributed by atoms with Crippen molar-refractivity contribution >= 4 is 18.1 Å². The van der Waals surface area contributed by atoms with E-state index in [1.807, 2.05) is 18.6 Å². The number of aryl methyl sites for hydroxylation is 2. The third-order valence-corrected chi connectivity index (χ3v) is 4.61. The summed E-state index contributed by atoms with van der Waals surface area (Å²) < 4.78 is 4.32. The summed E-state index contributed by atoms with van der Waals surface area (Å²) in [6.45, 7) is 5.95. The molecule has 24 heavy (non-hydrogen) atoms. The molecule has 0 radical (unpaired) electrons. The Morgan fingerprint density at radius 3 is 2.96 bits per heavy atom. The van der Waals surface area contributed by atoms with Crippen molar-refractivity contribution in [1.82, 2.24) is 29.2 Å². The van der Waals surface area contributed by atoms with Gasteiger partial charge >= 0.3 is 0 Å². The topological polar surface area (TPSA) is 50.4 Å². The van der Waals surface area contributed by atoms with Crippen molar-refractivity contribution in [2.75, 3.05) is 19.6 Å². The Labute approximate surface area is 147 Å². The highest BCUT2D eigenvalue weighted by Gasteiger charge is 2.27. The minimum absolute atomic E-state index is 0. The Balaban J connectivity index is 0.00000169. The number of piperazine rings is 1. The van der Waals surface area contributed by atoms with Gasteiger partial charge in [-0.15, -0.1) is 12.4 Å². The predicted octanol–water partition coefficient (Wildman–Crippen LogP) is 1.94. The molecule has 1 N–H and O–H groups in total. The van der Waals surface area contributed by atoms with E-state index in [2.05, 4.69) is 61.5 Å². The van der Waals surface area contributed by atoms with Crippen LogP contribution in [0.3, 0.4) is 0 Å². The third kappa shape index (κ3) is 3.05. The monoisotopic (exact) mass is 346 g/mol. The maximum Gasteiger partial charge on any atom is 0.136 e. The van der Waals surface area contributed by atoms with Gasteiger partial charge in [0, 0.05) is 51.8 Å². The van der Waals surface area contributed by atoms with Crippen LogP contribution in [-0.2, 0) is 13.6 Å². The Morgan fingerprint density at radius 2 is 2.17 bits per heavy atom. The van der Waals surface area contributed by atoms with Crippen molar-refractivity contribution in [3.63, 3.8) is 0 Å². The molecule has 0 bridgehead atoms. The van der Waals surface area contributed by atoms with Gasteiger partial charge < -0.3 is 14.3 Å². The number of nitrogens with one attached hydrogen (secondary N) is 1. The van der Waals surface area contributed by atoms with Gasteiger partial charge in [-0.3, -0.25) is 4.90 Å². The second kappa shape index (κ2) is 6.93. The number of nitrogens with zero attached hydrogens (tertiary/aromatic N) is 5. The number of imidazole rings is 2. The standard InChI is InChI=1S/C17H22N6.ClH/c1-13-3-4-16-20-9-14(23(16)11-13)12-22-8-5-18-10-15(22)17-19-6-7-21(17)2;/h3-4,6-7,9,11,15,18H,5,8,10,12H2,1-2H3;1H. The summed E-state index contributed by atoms with van der Waals surface area (Å²) in [5.74, 6) is 1.11. The molecule has 0 amide bonds. The SMILES string of the molecule is Cc1ccc2ncc(CN3CCNCC3c3nccn3C)n2c1.Cl. The molecular weight excluding hydrogens is 324 g/mol.